The summed E-state index contributed by atoms with van der Waals surface area (Å²) >= 11 is 0. The molecule has 0 radical (unpaired) electrons. The van der Waals surface area contributed by atoms with Crippen LogP contribution in [0.15, 0.2) is 36.5 Å². The molecule has 1 aliphatic heterocycles. The van der Waals surface area contributed by atoms with Crippen LogP contribution in [0, 0.1) is 19.3 Å². The molecular formula is C29H39N5O4. The molecule has 3 heterocycles. The highest BCUT2D eigenvalue weighted by Crippen LogP contribution is 2.39. The van der Waals surface area contributed by atoms with Crippen molar-refractivity contribution in [3.05, 3.63) is 70.3 Å². The summed E-state index contributed by atoms with van der Waals surface area (Å²) in [7, 11) is 3.22. The molecule has 0 aliphatic carbocycles. The van der Waals surface area contributed by atoms with Gasteiger partial charge in [-0.2, -0.15) is 0 Å². The molecule has 1 unspecified atom stereocenters. The monoisotopic (exact) mass is 521 g/mol. The predicted molar refractivity (Wildman–Crippen MR) is 143 cm³/mol. The fraction of sp³-hybridized carbons (Fsp3) is 0.517. The minimum atomic E-state index is -0.923. The number of aryl methyl sites for hydroxylation is 3. The summed E-state index contributed by atoms with van der Waals surface area (Å²) < 4.78 is 19.4. The highest BCUT2D eigenvalue weighted by Gasteiger charge is 2.40. The van der Waals surface area contributed by atoms with E-state index >= 15 is 0 Å². The Morgan fingerprint density at radius 2 is 2.03 bits per heavy atom. The molecule has 9 heteroatoms. The molecule has 38 heavy (non-hydrogen) atoms. The van der Waals surface area contributed by atoms with Crippen molar-refractivity contribution >= 4 is 5.97 Å². The van der Waals surface area contributed by atoms with Crippen LogP contribution in [0.3, 0.4) is 0 Å². The van der Waals surface area contributed by atoms with Crippen molar-refractivity contribution in [1.29, 1.82) is 0 Å². The van der Waals surface area contributed by atoms with E-state index in [1.807, 2.05) is 52.2 Å². The van der Waals surface area contributed by atoms with Crippen molar-refractivity contribution in [3.8, 4) is 5.75 Å². The number of rotatable bonds is 9. The lowest BCUT2D eigenvalue weighted by Gasteiger charge is -2.32. The zero-order valence-corrected chi connectivity index (χ0v) is 23.5. The SMILES string of the molecule is CC[C@@H]1CN(Cc2cc(C(OCc3cn(C)nn3)C(C)(C)C(=O)OC)ccc2C)Cc2nc(C)ccc2O1. The Hall–Kier alpha value is -3.30. The molecule has 2 aromatic heterocycles. The van der Waals surface area contributed by atoms with Crippen molar-refractivity contribution in [2.24, 2.45) is 12.5 Å². The average molecular weight is 522 g/mol. The van der Waals surface area contributed by atoms with Crippen LogP contribution in [0.1, 0.15) is 67.1 Å². The number of pyridine rings is 1. The van der Waals surface area contributed by atoms with Gasteiger partial charge in [0.2, 0.25) is 0 Å². The van der Waals surface area contributed by atoms with Gasteiger partial charge in [-0.1, -0.05) is 30.3 Å². The quantitative estimate of drug-likeness (QED) is 0.381. The largest absolute Gasteiger partial charge is 0.487 e. The Balaban J connectivity index is 1.63. The molecule has 0 fully saturated rings. The van der Waals surface area contributed by atoms with Crippen molar-refractivity contribution < 1.29 is 19.0 Å². The Kier molecular flexibility index (Phi) is 8.47. The number of carbonyl (C=O) groups excluding carboxylic acids is 1. The van der Waals surface area contributed by atoms with E-state index in [-0.39, 0.29) is 18.7 Å². The molecule has 1 aromatic carbocycles. The molecule has 0 spiro atoms. The van der Waals surface area contributed by atoms with E-state index in [2.05, 4.69) is 41.2 Å². The first-order valence-corrected chi connectivity index (χ1v) is 13.1. The summed E-state index contributed by atoms with van der Waals surface area (Å²) in [6.45, 7) is 12.4. The lowest BCUT2D eigenvalue weighted by molar-refractivity contribution is -0.162. The van der Waals surface area contributed by atoms with Crippen LogP contribution in [-0.2, 0) is 41.0 Å². The van der Waals surface area contributed by atoms with E-state index in [1.54, 1.807) is 4.68 Å². The molecule has 9 nitrogen and oxygen atoms in total. The van der Waals surface area contributed by atoms with Crippen LogP contribution in [0.4, 0.5) is 0 Å². The van der Waals surface area contributed by atoms with Gasteiger partial charge in [0.25, 0.3) is 0 Å². The van der Waals surface area contributed by atoms with Crippen LogP contribution in [0.5, 0.6) is 5.75 Å². The fourth-order valence-electron chi connectivity index (χ4n) is 4.92. The number of nitrogens with zero attached hydrogens (tertiary/aromatic N) is 5. The third-order valence-electron chi connectivity index (χ3n) is 7.14. The number of hydrogen-bond donors (Lipinski definition) is 0. The summed E-state index contributed by atoms with van der Waals surface area (Å²) in [4.78, 5) is 20.0. The van der Waals surface area contributed by atoms with Crippen LogP contribution in [-0.4, -0.2) is 50.6 Å². The Bertz CT molecular complexity index is 1270. The number of hydrogen-bond acceptors (Lipinski definition) is 8. The lowest BCUT2D eigenvalue weighted by atomic mass is 9.81. The second-order valence-electron chi connectivity index (χ2n) is 10.7. The maximum Gasteiger partial charge on any atom is 0.314 e. The minimum Gasteiger partial charge on any atom is -0.487 e. The van der Waals surface area contributed by atoms with E-state index < -0.39 is 11.5 Å². The van der Waals surface area contributed by atoms with E-state index in [0.717, 1.165) is 42.2 Å². The smallest absolute Gasteiger partial charge is 0.314 e. The molecule has 204 valence electrons. The van der Waals surface area contributed by atoms with Crippen molar-refractivity contribution in [2.75, 3.05) is 13.7 Å². The van der Waals surface area contributed by atoms with E-state index in [1.165, 1.54) is 18.2 Å². The lowest BCUT2D eigenvalue weighted by Crippen LogP contribution is -2.34. The maximum atomic E-state index is 12.8. The fourth-order valence-corrected chi connectivity index (χ4v) is 4.92. The van der Waals surface area contributed by atoms with Gasteiger partial charge in [0.15, 0.2) is 0 Å². The number of aromatic nitrogens is 4. The topological polar surface area (TPSA) is 91.6 Å². The third kappa shape index (κ3) is 6.22. The molecular weight excluding hydrogens is 482 g/mol. The van der Waals surface area contributed by atoms with Crippen LogP contribution in [0.25, 0.3) is 0 Å². The highest BCUT2D eigenvalue weighted by atomic mass is 16.5. The van der Waals surface area contributed by atoms with E-state index in [4.69, 9.17) is 19.2 Å². The number of esters is 1. The van der Waals surface area contributed by atoms with Crippen molar-refractivity contribution in [3.63, 3.8) is 0 Å². The second-order valence-corrected chi connectivity index (χ2v) is 10.7. The van der Waals surface area contributed by atoms with Gasteiger partial charge in [-0.05, 0) is 62.9 Å². The van der Waals surface area contributed by atoms with Gasteiger partial charge in [0.05, 0.1) is 37.1 Å². The summed E-state index contributed by atoms with van der Waals surface area (Å²) in [5.74, 6) is 0.532. The molecule has 2 atom stereocenters. The summed E-state index contributed by atoms with van der Waals surface area (Å²) in [6.07, 6.45) is 2.26. The maximum absolute atomic E-state index is 12.8. The van der Waals surface area contributed by atoms with Gasteiger partial charge in [-0.15, -0.1) is 5.10 Å². The zero-order valence-electron chi connectivity index (χ0n) is 23.5. The first-order chi connectivity index (χ1) is 18.1. The minimum absolute atomic E-state index is 0.0885. The number of ether oxygens (including phenoxy) is 3. The summed E-state index contributed by atoms with van der Waals surface area (Å²) in [5.41, 5.74) is 4.98. The first kappa shape index (κ1) is 27.7. The summed E-state index contributed by atoms with van der Waals surface area (Å²) in [6, 6.07) is 10.3. The molecule has 0 saturated carbocycles. The van der Waals surface area contributed by atoms with Crippen molar-refractivity contribution in [2.45, 2.75) is 72.9 Å². The molecule has 0 N–H and O–H groups in total. The van der Waals surface area contributed by atoms with Gasteiger partial charge in [0.1, 0.15) is 17.5 Å². The molecule has 3 aromatic rings. The molecule has 0 amide bonds. The van der Waals surface area contributed by atoms with Gasteiger partial charge < -0.3 is 14.2 Å². The van der Waals surface area contributed by atoms with Gasteiger partial charge in [-0.3, -0.25) is 19.4 Å². The van der Waals surface area contributed by atoms with Gasteiger partial charge in [0, 0.05) is 32.4 Å². The Labute approximate surface area is 225 Å². The average Bonchev–Trinajstić information content (AvgIpc) is 3.22. The van der Waals surface area contributed by atoms with E-state index in [9.17, 15) is 4.79 Å². The third-order valence-corrected chi connectivity index (χ3v) is 7.14. The number of carbonyl (C=O) groups is 1. The Morgan fingerprint density at radius 3 is 2.71 bits per heavy atom. The van der Waals surface area contributed by atoms with Gasteiger partial charge in [-0.25, -0.2) is 0 Å². The van der Waals surface area contributed by atoms with E-state index in [0.29, 0.717) is 12.2 Å². The van der Waals surface area contributed by atoms with Crippen LogP contribution < -0.4 is 4.74 Å². The highest BCUT2D eigenvalue weighted by molar-refractivity contribution is 5.77. The standard InChI is InChI=1S/C29H39N5O4/c1-8-24-16-34(17-25-26(38-24)12-10-20(3)30-25)14-22-13-21(11-9-19(22)2)27(29(4,5)28(35)36-7)37-18-23-15-33(6)32-31-23/h9-13,15,24,27H,8,14,16-18H2,1-7H3/t24-,27?/m1/s1. The molecule has 1 aliphatic rings. The van der Waals surface area contributed by atoms with Gasteiger partial charge >= 0.3 is 5.97 Å². The molecule has 4 rings (SSSR count). The number of fused-ring (bicyclic) bond motifs is 1. The molecule has 0 bridgehead atoms. The second kappa shape index (κ2) is 11.6. The number of benzene rings is 1. The summed E-state index contributed by atoms with van der Waals surface area (Å²) in [5, 5.41) is 8.12. The van der Waals surface area contributed by atoms with Crippen LogP contribution >= 0.6 is 0 Å². The van der Waals surface area contributed by atoms with Crippen molar-refractivity contribution in [1.82, 2.24) is 24.9 Å². The normalized spacial score (nSPS) is 16.9. The first-order valence-electron chi connectivity index (χ1n) is 13.1. The zero-order chi connectivity index (χ0) is 27.4. The van der Waals surface area contributed by atoms with Crippen LogP contribution in [0.2, 0.25) is 0 Å². The predicted octanol–water partition coefficient (Wildman–Crippen LogP) is 4.46. The Morgan fingerprint density at radius 1 is 1.24 bits per heavy atom. The number of methoxy groups -OCH3 is 1. The molecule has 0 saturated heterocycles.